The molecule has 4 aromatic carbocycles. The Morgan fingerprint density at radius 1 is 0.607 bits per heavy atom. The number of aromatic nitrogens is 2. The summed E-state index contributed by atoms with van der Waals surface area (Å²) in [5, 5.41) is 4.24. The maximum atomic E-state index is 6.36. The van der Waals surface area contributed by atoms with Crippen LogP contribution >= 0.6 is 11.6 Å². The lowest BCUT2D eigenvalue weighted by Crippen LogP contribution is -1.92. The molecule has 0 spiro atoms. The molecular formula is C25H15ClN2. The Morgan fingerprint density at radius 2 is 1.39 bits per heavy atom. The molecule has 132 valence electrons. The molecule has 0 atom stereocenters. The number of halogens is 1. The van der Waals surface area contributed by atoms with Gasteiger partial charge in [0.05, 0.1) is 16.6 Å². The molecule has 0 bridgehead atoms. The lowest BCUT2D eigenvalue weighted by atomic mass is 9.99. The quantitative estimate of drug-likeness (QED) is 0.278. The van der Waals surface area contributed by atoms with E-state index in [2.05, 4.69) is 71.1 Å². The number of para-hydroxylation sites is 2. The van der Waals surface area contributed by atoms with Crippen LogP contribution in [0.1, 0.15) is 0 Å². The molecule has 0 N–H and O–H groups in total. The van der Waals surface area contributed by atoms with E-state index in [0.29, 0.717) is 0 Å². The van der Waals surface area contributed by atoms with Gasteiger partial charge in [-0.1, -0.05) is 72.3 Å². The van der Waals surface area contributed by atoms with Gasteiger partial charge < -0.3 is 0 Å². The number of nitrogens with zero attached hydrogens (tertiary/aromatic N) is 2. The molecule has 3 heteroatoms. The first kappa shape index (κ1) is 15.7. The maximum absolute atomic E-state index is 6.36. The Balaban J connectivity index is 1.85. The topological polar surface area (TPSA) is 17.3 Å². The van der Waals surface area contributed by atoms with E-state index in [1.807, 2.05) is 24.3 Å². The number of hydrogen-bond acceptors (Lipinski definition) is 1. The van der Waals surface area contributed by atoms with Crippen molar-refractivity contribution in [2.24, 2.45) is 0 Å². The molecule has 0 radical (unpaired) electrons. The van der Waals surface area contributed by atoms with Gasteiger partial charge in [-0.25, -0.2) is 4.98 Å². The highest BCUT2D eigenvalue weighted by Gasteiger charge is 2.14. The third-order valence-electron chi connectivity index (χ3n) is 5.42. The van der Waals surface area contributed by atoms with E-state index in [-0.39, 0.29) is 0 Å². The molecule has 0 unspecified atom stereocenters. The first-order valence-electron chi connectivity index (χ1n) is 9.27. The summed E-state index contributed by atoms with van der Waals surface area (Å²) >= 11 is 6.36. The van der Waals surface area contributed by atoms with Crippen LogP contribution in [0.4, 0.5) is 0 Å². The Morgan fingerprint density at radius 3 is 2.29 bits per heavy atom. The van der Waals surface area contributed by atoms with Gasteiger partial charge in [-0.05, 0) is 46.8 Å². The van der Waals surface area contributed by atoms with Crippen LogP contribution in [0.15, 0.2) is 91.0 Å². The Kier molecular flexibility index (Phi) is 3.26. The fraction of sp³-hybridized carbons (Fsp3) is 0. The molecule has 28 heavy (non-hydrogen) atoms. The van der Waals surface area contributed by atoms with E-state index in [0.717, 1.165) is 32.6 Å². The van der Waals surface area contributed by atoms with Crippen LogP contribution in [0.2, 0.25) is 5.02 Å². The molecule has 0 saturated heterocycles. The molecule has 2 nitrogen and oxygen atoms in total. The zero-order valence-corrected chi connectivity index (χ0v) is 15.7. The lowest BCUT2D eigenvalue weighted by Gasteiger charge is -2.11. The van der Waals surface area contributed by atoms with Crippen LogP contribution in [-0.4, -0.2) is 9.38 Å². The van der Waals surface area contributed by atoms with Crippen LogP contribution in [-0.2, 0) is 0 Å². The monoisotopic (exact) mass is 378 g/mol. The van der Waals surface area contributed by atoms with Gasteiger partial charge in [0.15, 0.2) is 0 Å². The van der Waals surface area contributed by atoms with E-state index in [1.165, 1.54) is 21.9 Å². The SMILES string of the molecule is Clc1ccc2c3ccc(-c4ccccc4)cc3c3nc4ccccc4n3c2c1. The normalized spacial score (nSPS) is 11.8. The van der Waals surface area contributed by atoms with Crippen molar-refractivity contribution in [3.63, 3.8) is 0 Å². The predicted octanol–water partition coefficient (Wildman–Crippen LogP) is 7.11. The molecule has 2 heterocycles. The first-order valence-corrected chi connectivity index (χ1v) is 9.65. The van der Waals surface area contributed by atoms with Gasteiger partial charge in [-0.2, -0.15) is 0 Å². The molecule has 0 amide bonds. The smallest absolute Gasteiger partial charge is 0.146 e. The van der Waals surface area contributed by atoms with Crippen molar-refractivity contribution in [3.05, 3.63) is 96.0 Å². The van der Waals surface area contributed by atoms with Crippen LogP contribution in [0, 0.1) is 0 Å². The van der Waals surface area contributed by atoms with Gasteiger partial charge in [0.2, 0.25) is 0 Å². The third-order valence-corrected chi connectivity index (χ3v) is 5.65. The maximum Gasteiger partial charge on any atom is 0.146 e. The average molecular weight is 379 g/mol. The van der Waals surface area contributed by atoms with Crippen LogP contribution < -0.4 is 0 Å². The molecule has 0 aliphatic heterocycles. The van der Waals surface area contributed by atoms with Crippen molar-refractivity contribution < 1.29 is 0 Å². The standard InChI is InChI=1S/C25H15ClN2/c26-18-11-13-20-19-12-10-17(16-6-2-1-3-7-16)14-21(19)25-27-22-8-4-5-9-23(22)28(25)24(20)15-18/h1-15H. The van der Waals surface area contributed by atoms with Gasteiger partial charge in [-0.3, -0.25) is 4.40 Å². The van der Waals surface area contributed by atoms with Crippen molar-refractivity contribution in [1.82, 2.24) is 9.38 Å². The summed E-state index contributed by atoms with van der Waals surface area (Å²) in [4.78, 5) is 4.98. The third kappa shape index (κ3) is 2.19. The van der Waals surface area contributed by atoms with Gasteiger partial charge >= 0.3 is 0 Å². The summed E-state index contributed by atoms with van der Waals surface area (Å²) in [5.41, 5.74) is 6.52. The Labute approximate surface area is 166 Å². The molecule has 0 aliphatic carbocycles. The van der Waals surface area contributed by atoms with E-state index in [9.17, 15) is 0 Å². The molecule has 0 fully saturated rings. The second kappa shape index (κ2) is 5.82. The summed E-state index contributed by atoms with van der Waals surface area (Å²) in [5.74, 6) is 0. The Hall–Kier alpha value is -3.36. The van der Waals surface area contributed by atoms with E-state index in [1.54, 1.807) is 0 Å². The van der Waals surface area contributed by atoms with Crippen LogP contribution in [0.25, 0.3) is 49.5 Å². The number of fused-ring (bicyclic) bond motifs is 8. The zero-order chi connectivity index (χ0) is 18.7. The van der Waals surface area contributed by atoms with Crippen molar-refractivity contribution in [3.8, 4) is 11.1 Å². The van der Waals surface area contributed by atoms with Gasteiger partial charge in [0.1, 0.15) is 5.65 Å². The fourth-order valence-corrected chi connectivity index (χ4v) is 4.31. The van der Waals surface area contributed by atoms with E-state index < -0.39 is 0 Å². The summed E-state index contributed by atoms with van der Waals surface area (Å²) in [6, 6.07) is 31.5. The van der Waals surface area contributed by atoms with E-state index in [4.69, 9.17) is 16.6 Å². The molecule has 6 rings (SSSR count). The summed E-state index contributed by atoms with van der Waals surface area (Å²) in [6.45, 7) is 0. The number of benzene rings is 4. The Bertz CT molecular complexity index is 1510. The highest BCUT2D eigenvalue weighted by Crippen LogP contribution is 2.35. The zero-order valence-electron chi connectivity index (χ0n) is 14.9. The largest absolute Gasteiger partial charge is 0.292 e. The summed E-state index contributed by atoms with van der Waals surface area (Å²) < 4.78 is 2.23. The molecule has 2 aromatic heterocycles. The van der Waals surface area contributed by atoms with Crippen LogP contribution in [0.3, 0.4) is 0 Å². The predicted molar refractivity (Wildman–Crippen MR) is 118 cm³/mol. The van der Waals surface area contributed by atoms with Gasteiger partial charge in [-0.15, -0.1) is 0 Å². The van der Waals surface area contributed by atoms with Crippen molar-refractivity contribution >= 4 is 50.0 Å². The minimum atomic E-state index is 0.729. The van der Waals surface area contributed by atoms with Crippen LogP contribution in [0.5, 0.6) is 0 Å². The number of hydrogen-bond donors (Lipinski definition) is 0. The molecule has 6 aromatic rings. The number of pyridine rings is 1. The minimum Gasteiger partial charge on any atom is -0.292 e. The second-order valence-electron chi connectivity index (χ2n) is 7.05. The fourth-order valence-electron chi connectivity index (χ4n) is 4.14. The highest BCUT2D eigenvalue weighted by molar-refractivity contribution is 6.31. The number of rotatable bonds is 1. The summed E-state index contributed by atoms with van der Waals surface area (Å²) in [6.07, 6.45) is 0. The average Bonchev–Trinajstić information content (AvgIpc) is 3.14. The van der Waals surface area contributed by atoms with Crippen molar-refractivity contribution in [1.29, 1.82) is 0 Å². The second-order valence-corrected chi connectivity index (χ2v) is 7.48. The first-order chi connectivity index (χ1) is 13.8. The molecule has 0 saturated carbocycles. The highest BCUT2D eigenvalue weighted by atomic mass is 35.5. The number of imidazole rings is 1. The lowest BCUT2D eigenvalue weighted by molar-refractivity contribution is 1.31. The minimum absolute atomic E-state index is 0.729. The van der Waals surface area contributed by atoms with Crippen molar-refractivity contribution in [2.45, 2.75) is 0 Å². The molecule has 0 aliphatic rings. The van der Waals surface area contributed by atoms with E-state index >= 15 is 0 Å². The van der Waals surface area contributed by atoms with Gasteiger partial charge in [0.25, 0.3) is 0 Å². The summed E-state index contributed by atoms with van der Waals surface area (Å²) in [7, 11) is 0. The molecular weight excluding hydrogens is 364 g/mol. The van der Waals surface area contributed by atoms with Gasteiger partial charge in [0, 0.05) is 15.8 Å². The van der Waals surface area contributed by atoms with Crippen molar-refractivity contribution in [2.75, 3.05) is 0 Å².